The van der Waals surface area contributed by atoms with Crippen LogP contribution in [0, 0.1) is 18.3 Å². The number of aromatic nitrogens is 3. The molecule has 0 aliphatic heterocycles. The number of rotatable bonds is 6. The molecule has 0 aliphatic carbocycles. The summed E-state index contributed by atoms with van der Waals surface area (Å²) in [6, 6.07) is 17.7. The Kier molecular flexibility index (Phi) is 6.42. The van der Waals surface area contributed by atoms with Gasteiger partial charge in [-0.25, -0.2) is 4.98 Å². The summed E-state index contributed by atoms with van der Waals surface area (Å²) < 4.78 is 6.92. The van der Waals surface area contributed by atoms with Crippen molar-refractivity contribution in [3.63, 3.8) is 0 Å². The Morgan fingerprint density at radius 1 is 1.21 bits per heavy atom. The zero-order valence-corrected chi connectivity index (χ0v) is 19.5. The van der Waals surface area contributed by atoms with E-state index in [2.05, 4.69) is 30.3 Å². The first-order chi connectivity index (χ1) is 16.4. The number of pyridine rings is 1. The predicted octanol–water partition coefficient (Wildman–Crippen LogP) is 5.38. The van der Waals surface area contributed by atoms with Crippen LogP contribution < -0.4 is 10.1 Å². The minimum Gasteiger partial charge on any atom is -0.494 e. The van der Waals surface area contributed by atoms with Crippen molar-refractivity contribution in [3.8, 4) is 17.6 Å². The van der Waals surface area contributed by atoms with Gasteiger partial charge in [-0.15, -0.1) is 0 Å². The predicted molar refractivity (Wildman–Crippen MR) is 133 cm³/mol. The van der Waals surface area contributed by atoms with Gasteiger partial charge in [0.15, 0.2) is 11.6 Å². The fourth-order valence-electron chi connectivity index (χ4n) is 3.69. The van der Waals surface area contributed by atoms with Gasteiger partial charge >= 0.3 is 0 Å². The highest BCUT2D eigenvalue weighted by Crippen LogP contribution is 2.29. The van der Waals surface area contributed by atoms with Crippen molar-refractivity contribution in [2.45, 2.75) is 26.7 Å². The maximum absolute atomic E-state index is 12.7. The fraction of sp³-hybridized carbons (Fsp3) is 0.185. The number of nitrogens with zero attached hydrogens (tertiary/aromatic N) is 4. The lowest BCUT2D eigenvalue weighted by atomic mass is 10.0. The summed E-state index contributed by atoms with van der Waals surface area (Å²) >= 11 is 0. The third kappa shape index (κ3) is 4.52. The molecular weight excluding hydrogens is 426 g/mol. The molecule has 2 heterocycles. The summed E-state index contributed by atoms with van der Waals surface area (Å²) in [5.74, 6) is 1.43. The molecule has 34 heavy (non-hydrogen) atoms. The maximum Gasteiger partial charge on any atom is 0.249 e. The maximum atomic E-state index is 12.7. The van der Waals surface area contributed by atoms with Gasteiger partial charge in [-0.3, -0.25) is 4.79 Å². The Bertz CT molecular complexity index is 1430. The minimum atomic E-state index is -0.374. The lowest BCUT2D eigenvalue weighted by molar-refractivity contribution is -0.111. The van der Waals surface area contributed by atoms with E-state index in [-0.39, 0.29) is 17.3 Å². The Balaban J connectivity index is 1.65. The molecule has 1 amide bonds. The van der Waals surface area contributed by atoms with Gasteiger partial charge in [-0.1, -0.05) is 50.2 Å². The molecular formula is C27H25N5O2. The summed E-state index contributed by atoms with van der Waals surface area (Å²) in [6.07, 6.45) is 4.58. The van der Waals surface area contributed by atoms with Gasteiger partial charge in [-0.2, -0.15) is 15.0 Å². The highest BCUT2D eigenvalue weighted by Gasteiger charge is 2.17. The number of amides is 1. The number of para-hydroxylation sites is 1. The molecule has 0 fully saturated rings. The number of fused-ring (bicyclic) bond motifs is 1. The Morgan fingerprint density at radius 2 is 1.97 bits per heavy atom. The van der Waals surface area contributed by atoms with Gasteiger partial charge in [0.2, 0.25) is 5.91 Å². The van der Waals surface area contributed by atoms with Crippen molar-refractivity contribution in [1.29, 1.82) is 5.26 Å². The summed E-state index contributed by atoms with van der Waals surface area (Å²) in [6.45, 7) is 6.24. The molecule has 170 valence electrons. The molecule has 1 N–H and O–H groups in total. The van der Waals surface area contributed by atoms with Gasteiger partial charge in [0.1, 0.15) is 22.9 Å². The van der Waals surface area contributed by atoms with E-state index in [1.54, 1.807) is 13.2 Å². The molecule has 0 aliphatic rings. The van der Waals surface area contributed by atoms with Gasteiger partial charge in [-0.05, 0) is 47.7 Å². The van der Waals surface area contributed by atoms with E-state index >= 15 is 0 Å². The van der Waals surface area contributed by atoms with E-state index in [9.17, 15) is 10.1 Å². The van der Waals surface area contributed by atoms with Crippen LogP contribution >= 0.6 is 0 Å². The summed E-state index contributed by atoms with van der Waals surface area (Å²) in [5.41, 5.74) is 4.03. The minimum absolute atomic E-state index is 0.239. The Morgan fingerprint density at radius 3 is 2.65 bits per heavy atom. The van der Waals surface area contributed by atoms with Crippen molar-refractivity contribution in [3.05, 3.63) is 83.1 Å². The van der Waals surface area contributed by atoms with Crippen molar-refractivity contribution < 1.29 is 9.53 Å². The Labute approximate surface area is 198 Å². The molecule has 0 atom stereocenters. The molecule has 0 unspecified atom stereocenters. The lowest BCUT2D eigenvalue weighted by Gasteiger charge is -2.12. The number of benzene rings is 2. The number of ether oxygens (including phenoxy) is 1. The number of nitrogens with one attached hydrogen (secondary N) is 1. The summed E-state index contributed by atoms with van der Waals surface area (Å²) in [7, 11) is 1.59. The molecule has 4 rings (SSSR count). The topological polar surface area (TPSA) is 92.8 Å². The van der Waals surface area contributed by atoms with Crippen molar-refractivity contribution in [1.82, 2.24) is 14.8 Å². The summed E-state index contributed by atoms with van der Waals surface area (Å²) in [4.78, 5) is 17.4. The van der Waals surface area contributed by atoms with Gasteiger partial charge in [0, 0.05) is 11.5 Å². The molecule has 0 saturated carbocycles. The second-order valence-corrected chi connectivity index (χ2v) is 8.23. The van der Waals surface area contributed by atoms with Crippen LogP contribution in [0.5, 0.6) is 5.75 Å². The van der Waals surface area contributed by atoms with E-state index in [0.717, 1.165) is 16.5 Å². The van der Waals surface area contributed by atoms with Crippen LogP contribution in [0.3, 0.4) is 0 Å². The number of aryl methyl sites for hydroxylation is 1. The first-order valence-electron chi connectivity index (χ1n) is 10.9. The molecule has 0 saturated heterocycles. The SMILES string of the molecule is COc1cccc2c(C)cc(-n3ncc(C#N)c3NC(=O)/C=C/c3ccc(C(C)C)cc3)nc12. The Hall–Kier alpha value is -4.44. The largest absolute Gasteiger partial charge is 0.494 e. The standard InChI is InChI=1S/C27H25N5O2/c1-17(2)20-11-8-19(9-12-20)10-13-25(33)31-27-21(15-28)16-29-32(27)24-14-18(3)22-6-5-7-23(34-4)26(22)30-24/h5-14,16-17H,1-4H3,(H,31,33)/b13-10+. The molecule has 0 spiro atoms. The molecule has 2 aromatic carbocycles. The van der Waals surface area contributed by atoms with E-state index < -0.39 is 0 Å². The van der Waals surface area contributed by atoms with Crippen molar-refractivity contribution in [2.24, 2.45) is 0 Å². The average Bonchev–Trinajstić information content (AvgIpc) is 3.25. The number of hydrogen-bond acceptors (Lipinski definition) is 5. The zero-order chi connectivity index (χ0) is 24.2. The molecule has 2 aromatic heterocycles. The number of nitriles is 1. The highest BCUT2D eigenvalue weighted by atomic mass is 16.5. The second kappa shape index (κ2) is 9.59. The number of anilines is 1. The van der Waals surface area contributed by atoms with Gasteiger partial charge in [0.25, 0.3) is 0 Å². The zero-order valence-electron chi connectivity index (χ0n) is 19.5. The van der Waals surface area contributed by atoms with Crippen LogP contribution in [-0.4, -0.2) is 27.8 Å². The van der Waals surface area contributed by atoms with Crippen LogP contribution in [0.2, 0.25) is 0 Å². The second-order valence-electron chi connectivity index (χ2n) is 8.23. The van der Waals surface area contributed by atoms with Crippen LogP contribution in [0.15, 0.2) is 60.8 Å². The molecule has 0 bridgehead atoms. The highest BCUT2D eigenvalue weighted by molar-refractivity contribution is 6.02. The first kappa shape index (κ1) is 22.7. The third-order valence-electron chi connectivity index (χ3n) is 5.59. The number of methoxy groups -OCH3 is 1. The van der Waals surface area contributed by atoms with Crippen LogP contribution in [-0.2, 0) is 4.79 Å². The van der Waals surface area contributed by atoms with E-state index in [0.29, 0.717) is 23.0 Å². The number of carbonyl (C=O) groups is 1. The number of hydrogen-bond donors (Lipinski definition) is 1. The van der Waals surface area contributed by atoms with Gasteiger partial charge < -0.3 is 10.1 Å². The molecule has 0 radical (unpaired) electrons. The quantitative estimate of drug-likeness (QED) is 0.397. The van der Waals surface area contributed by atoms with Crippen molar-refractivity contribution in [2.75, 3.05) is 12.4 Å². The molecule has 7 heteroatoms. The fourth-order valence-corrected chi connectivity index (χ4v) is 3.69. The lowest BCUT2D eigenvalue weighted by Crippen LogP contribution is -2.14. The average molecular weight is 452 g/mol. The third-order valence-corrected chi connectivity index (χ3v) is 5.59. The smallest absolute Gasteiger partial charge is 0.249 e. The van der Waals surface area contributed by atoms with Gasteiger partial charge in [0.05, 0.1) is 13.3 Å². The molecule has 4 aromatic rings. The summed E-state index contributed by atoms with van der Waals surface area (Å²) in [5, 5.41) is 17.6. The monoisotopic (exact) mass is 451 g/mol. The normalized spacial score (nSPS) is 11.2. The molecule has 7 nitrogen and oxygen atoms in total. The van der Waals surface area contributed by atoms with E-state index in [4.69, 9.17) is 9.72 Å². The number of carbonyl (C=O) groups excluding carboxylic acids is 1. The van der Waals surface area contributed by atoms with Crippen molar-refractivity contribution >= 4 is 28.7 Å². The van der Waals surface area contributed by atoms with Crippen LogP contribution in [0.25, 0.3) is 22.8 Å². The van der Waals surface area contributed by atoms with E-state index in [1.807, 2.05) is 55.5 Å². The van der Waals surface area contributed by atoms with Crippen LogP contribution in [0.4, 0.5) is 5.82 Å². The first-order valence-corrected chi connectivity index (χ1v) is 10.9. The van der Waals surface area contributed by atoms with Crippen LogP contribution in [0.1, 0.15) is 42.0 Å². The van der Waals surface area contributed by atoms with E-state index in [1.165, 1.54) is 22.5 Å².